The molecule has 17 nitrogen and oxygen atoms in total. The summed E-state index contributed by atoms with van der Waals surface area (Å²) >= 11 is 0. The largest absolute Gasteiger partial charge is 0.508 e. The van der Waals surface area contributed by atoms with E-state index in [-0.39, 0.29) is 80.5 Å². The van der Waals surface area contributed by atoms with Crippen LogP contribution in [0.5, 0.6) is 11.5 Å². The maximum Gasteiger partial charge on any atom is 0.328 e. The third-order valence-corrected chi connectivity index (χ3v) is 11.0. The summed E-state index contributed by atoms with van der Waals surface area (Å²) in [6, 6.07) is 10.5. The molecule has 2 aromatic carbocycles. The number of aliphatic hydroxyl groups excluding tert-OH is 1. The summed E-state index contributed by atoms with van der Waals surface area (Å²) in [6.45, 7) is 12.9. The molecular weight excluding hydrogens is 817 g/mol. The molecule has 0 saturated carbocycles. The molecule has 4 amide bonds. The quantitative estimate of drug-likeness (QED) is 0.200. The molecule has 0 aromatic heterocycles. The fourth-order valence-corrected chi connectivity index (χ4v) is 7.69. The zero-order valence-corrected chi connectivity index (χ0v) is 37.8. The summed E-state index contributed by atoms with van der Waals surface area (Å²) < 4.78 is 27.2. The number of likely N-dealkylation sites (tertiary alicyclic amines) is 1. The van der Waals surface area contributed by atoms with E-state index in [9.17, 15) is 33.9 Å². The molecule has 0 radical (unpaired) electrons. The number of rotatable bonds is 10. The van der Waals surface area contributed by atoms with Crippen molar-refractivity contribution in [1.29, 1.82) is 0 Å². The molecule has 3 aliphatic heterocycles. The van der Waals surface area contributed by atoms with E-state index in [1.54, 1.807) is 12.1 Å². The molecule has 3 aliphatic rings. The molecule has 6 atom stereocenters. The zero-order valence-electron chi connectivity index (χ0n) is 37.8. The minimum Gasteiger partial charge on any atom is -0.508 e. The molecule has 17 heteroatoms. The van der Waals surface area contributed by atoms with Crippen LogP contribution in [0.25, 0.3) is 0 Å². The number of carbonyl (C=O) groups is 6. The van der Waals surface area contributed by atoms with Gasteiger partial charge in [-0.2, -0.15) is 0 Å². The number of aliphatic hydroxyl groups is 1. The molecule has 348 valence electrons. The number of hydrogen-bond acceptors (Lipinski definition) is 13. The van der Waals surface area contributed by atoms with Crippen molar-refractivity contribution in [1.82, 2.24) is 20.4 Å². The van der Waals surface area contributed by atoms with Crippen molar-refractivity contribution in [3.05, 3.63) is 59.7 Å². The van der Waals surface area contributed by atoms with Crippen LogP contribution in [0.1, 0.15) is 78.4 Å². The summed E-state index contributed by atoms with van der Waals surface area (Å²) in [5.74, 6) is -1.58. The molecule has 0 aliphatic carbocycles. The average molecular weight is 883 g/mol. The number of carbonyl (C=O) groups excluding carboxylic acids is 6. The Kier molecular flexibility index (Phi) is 18.3. The molecular formula is C46H66N4O13. The first-order valence-electron chi connectivity index (χ1n) is 21.4. The van der Waals surface area contributed by atoms with Gasteiger partial charge in [-0.15, -0.1) is 0 Å². The Balaban J connectivity index is 0.000000277. The van der Waals surface area contributed by atoms with Gasteiger partial charge in [0.25, 0.3) is 0 Å². The molecule has 5 rings (SSSR count). The molecule has 2 fully saturated rings. The monoisotopic (exact) mass is 882 g/mol. The van der Waals surface area contributed by atoms with E-state index in [4.69, 9.17) is 28.8 Å². The summed E-state index contributed by atoms with van der Waals surface area (Å²) in [5, 5.41) is 24.3. The highest BCUT2D eigenvalue weighted by Crippen LogP contribution is 2.30. The van der Waals surface area contributed by atoms with Gasteiger partial charge in [0.15, 0.2) is 0 Å². The highest BCUT2D eigenvalue weighted by Gasteiger charge is 2.47. The van der Waals surface area contributed by atoms with Crippen molar-refractivity contribution >= 4 is 35.6 Å². The molecule has 0 unspecified atom stereocenters. The Hall–Kier alpha value is -5.26. The Morgan fingerprint density at radius 2 is 1.62 bits per heavy atom. The number of benzene rings is 2. The number of hydrogen-bond donors (Lipinski definition) is 4. The van der Waals surface area contributed by atoms with E-state index in [1.807, 2.05) is 65.8 Å². The second-order valence-corrected chi connectivity index (χ2v) is 18.2. The second kappa shape index (κ2) is 22.9. The number of ether oxygens (including phenoxy) is 5. The molecule has 2 aromatic rings. The number of amides is 4. The van der Waals surface area contributed by atoms with Crippen molar-refractivity contribution in [3.8, 4) is 11.5 Å². The lowest BCUT2D eigenvalue weighted by atomic mass is 9.85. The van der Waals surface area contributed by atoms with E-state index in [1.165, 1.54) is 36.2 Å². The van der Waals surface area contributed by atoms with Crippen molar-refractivity contribution in [2.24, 2.45) is 10.8 Å². The van der Waals surface area contributed by atoms with Crippen LogP contribution in [-0.4, -0.2) is 146 Å². The first kappa shape index (κ1) is 50.4. The lowest BCUT2D eigenvalue weighted by Crippen LogP contribution is -2.57. The normalized spacial score (nSPS) is 22.5. The van der Waals surface area contributed by atoms with Gasteiger partial charge in [0, 0.05) is 45.6 Å². The highest BCUT2D eigenvalue weighted by atomic mass is 16.5. The average Bonchev–Trinajstić information content (AvgIpc) is 3.85. The lowest BCUT2D eigenvalue weighted by Gasteiger charge is -2.35. The maximum atomic E-state index is 13.5. The van der Waals surface area contributed by atoms with Gasteiger partial charge < -0.3 is 54.3 Å². The Morgan fingerprint density at radius 3 is 2.27 bits per heavy atom. The van der Waals surface area contributed by atoms with Crippen LogP contribution in [0, 0.1) is 10.8 Å². The maximum absolute atomic E-state index is 13.5. The third-order valence-electron chi connectivity index (χ3n) is 11.0. The van der Waals surface area contributed by atoms with E-state index in [0.717, 1.165) is 5.56 Å². The smallest absolute Gasteiger partial charge is 0.328 e. The molecule has 2 saturated heterocycles. The number of phenols is 1. The van der Waals surface area contributed by atoms with Gasteiger partial charge in [0.2, 0.25) is 23.6 Å². The van der Waals surface area contributed by atoms with Crippen molar-refractivity contribution < 1.29 is 62.7 Å². The minimum absolute atomic E-state index is 0.00157. The third kappa shape index (κ3) is 14.6. The molecule has 0 spiro atoms. The number of fused-ring (bicyclic) bond motifs is 4. The Labute approximate surface area is 370 Å². The van der Waals surface area contributed by atoms with Gasteiger partial charge in [-0.1, -0.05) is 65.8 Å². The van der Waals surface area contributed by atoms with Crippen molar-refractivity contribution in [2.75, 3.05) is 53.7 Å². The zero-order chi connectivity index (χ0) is 46.5. The summed E-state index contributed by atoms with van der Waals surface area (Å²) in [7, 11) is 2.58. The van der Waals surface area contributed by atoms with Gasteiger partial charge in [0.05, 0.1) is 52.5 Å². The number of phenolic OH excluding ortho intramolecular Hbond substituents is 1. The fraction of sp³-hybridized carbons (Fsp3) is 0.609. The van der Waals surface area contributed by atoms with E-state index >= 15 is 0 Å². The molecule has 4 N–H and O–H groups in total. The van der Waals surface area contributed by atoms with Gasteiger partial charge in [-0.3, -0.25) is 19.2 Å². The minimum atomic E-state index is -0.879. The van der Waals surface area contributed by atoms with Gasteiger partial charge in [-0.25, -0.2) is 9.59 Å². The van der Waals surface area contributed by atoms with Crippen LogP contribution >= 0.6 is 0 Å². The standard InChI is InChI=1S/C23H34N2O7.C23H32N2O6/c1-23(2,3)20(24-19(28)12-15-7-5-8-16(27)11-15)21(29)25-14-17(32-10-6-9-26)13-18(25)22(30)31-4;1-23(2,3)20-21(27)25-14-17(13-18(25)22(28)29-4)31-10-6-9-30-16-8-5-7-15(11-16)12-19(26)24-20/h5,7-8,11,17-18,20,26-27H,6,9-10,12-14H2,1-4H3,(H,24,28);5,7-8,11,17-18,20H,6,9-10,12-14H2,1-4H3,(H,24,26)/t17-,18-,20-;17-,18+,20-/m11/s1. The van der Waals surface area contributed by atoms with Crippen LogP contribution in [0.4, 0.5) is 0 Å². The van der Waals surface area contributed by atoms with Gasteiger partial charge in [-0.05, 0) is 52.6 Å². The van der Waals surface area contributed by atoms with E-state index in [0.29, 0.717) is 50.4 Å². The van der Waals surface area contributed by atoms with Crippen LogP contribution < -0.4 is 15.4 Å². The SMILES string of the molecule is COC(=O)[C@@H]1C[C@@H]2CN1C(=O)[C@H](C(C)(C)C)NC(=O)Cc1cccc(c1)OCCCO2.COC(=O)[C@H]1C[C@@H](OCCCO)CN1C(=O)[C@@H](NC(=O)Cc1cccc(O)c1)C(C)(C)C. The number of aromatic hydroxyl groups is 1. The topological polar surface area (TPSA) is 220 Å². The molecule has 3 heterocycles. The first-order valence-corrected chi connectivity index (χ1v) is 21.4. The number of nitrogens with one attached hydrogen (secondary N) is 2. The van der Waals surface area contributed by atoms with Crippen molar-refractivity contribution in [3.63, 3.8) is 0 Å². The first-order chi connectivity index (χ1) is 29.7. The fourth-order valence-electron chi connectivity index (χ4n) is 7.69. The second-order valence-electron chi connectivity index (χ2n) is 18.2. The van der Waals surface area contributed by atoms with Gasteiger partial charge >= 0.3 is 11.9 Å². The summed E-state index contributed by atoms with van der Waals surface area (Å²) in [5.41, 5.74) is 0.242. The number of esters is 2. The van der Waals surface area contributed by atoms with Crippen LogP contribution in [0.2, 0.25) is 0 Å². The van der Waals surface area contributed by atoms with Crippen LogP contribution in [-0.2, 0) is 60.6 Å². The predicted molar refractivity (Wildman–Crippen MR) is 230 cm³/mol. The summed E-state index contributed by atoms with van der Waals surface area (Å²) in [6.07, 6.45) is 1.28. The number of methoxy groups -OCH3 is 2. The Bertz CT molecular complexity index is 1890. The van der Waals surface area contributed by atoms with Crippen LogP contribution in [0.15, 0.2) is 48.5 Å². The molecule has 63 heavy (non-hydrogen) atoms. The highest BCUT2D eigenvalue weighted by molar-refractivity contribution is 5.93. The number of nitrogens with zero attached hydrogens (tertiary/aromatic N) is 2. The van der Waals surface area contributed by atoms with E-state index < -0.39 is 46.9 Å². The Morgan fingerprint density at radius 1 is 0.921 bits per heavy atom. The van der Waals surface area contributed by atoms with Crippen LogP contribution in [0.3, 0.4) is 0 Å². The predicted octanol–water partition coefficient (Wildman–Crippen LogP) is 2.71. The lowest BCUT2D eigenvalue weighted by molar-refractivity contribution is -0.153. The van der Waals surface area contributed by atoms with Crippen molar-refractivity contribution in [2.45, 2.75) is 116 Å². The van der Waals surface area contributed by atoms with Gasteiger partial charge in [0.1, 0.15) is 35.7 Å². The molecule has 4 bridgehead atoms. The van der Waals surface area contributed by atoms with E-state index in [2.05, 4.69) is 10.6 Å². The summed E-state index contributed by atoms with van der Waals surface area (Å²) in [4.78, 5) is 80.2.